The van der Waals surface area contributed by atoms with Crippen LogP contribution in [0.15, 0.2) is 18.3 Å². The van der Waals surface area contributed by atoms with Crippen LogP contribution in [-0.4, -0.2) is 23.4 Å². The summed E-state index contributed by atoms with van der Waals surface area (Å²) < 4.78 is 47.0. The second-order valence-corrected chi connectivity index (χ2v) is 18.4. The summed E-state index contributed by atoms with van der Waals surface area (Å²) in [4.78, 5) is 8.66. The topological polar surface area (TPSA) is 55.2 Å². The fourth-order valence-electron chi connectivity index (χ4n) is 4.48. The number of halogens is 4. The molecule has 3 rings (SSSR count). The van der Waals surface area contributed by atoms with E-state index in [4.69, 9.17) is 9.41 Å². The van der Waals surface area contributed by atoms with E-state index >= 15 is 0 Å². The maximum atomic E-state index is 13.0. The molecule has 2 aromatic rings. The first-order valence-electron chi connectivity index (χ1n) is 12.4. The van der Waals surface area contributed by atoms with Gasteiger partial charge in [-0.05, 0) is 71.0 Å². The van der Waals surface area contributed by atoms with Crippen molar-refractivity contribution in [2.75, 3.05) is 0 Å². The van der Waals surface area contributed by atoms with Gasteiger partial charge in [-0.3, -0.25) is 9.97 Å². The van der Waals surface area contributed by atoms with Gasteiger partial charge in [0, 0.05) is 32.2 Å². The fourth-order valence-corrected chi connectivity index (χ4v) is 6.97. The SMILES string of the molecule is CC(C)c1nc2c(c(I)c1[C@@H](O)c1ccc(C(F)(F)F)nc1)C(O[Si](C)(C)C(C)(C)C)CC(C)(C)C2. The summed E-state index contributed by atoms with van der Waals surface area (Å²) in [5, 5.41) is 11.5. The Morgan fingerprint density at radius 3 is 2.25 bits per heavy atom. The Morgan fingerprint density at radius 2 is 1.78 bits per heavy atom. The van der Waals surface area contributed by atoms with E-state index in [0.29, 0.717) is 11.1 Å². The van der Waals surface area contributed by atoms with E-state index in [-0.39, 0.29) is 22.5 Å². The molecule has 0 aromatic carbocycles. The van der Waals surface area contributed by atoms with Gasteiger partial charge < -0.3 is 9.53 Å². The van der Waals surface area contributed by atoms with Crippen LogP contribution in [0.5, 0.6) is 0 Å². The molecule has 9 heteroatoms. The van der Waals surface area contributed by atoms with Crippen molar-refractivity contribution in [3.8, 4) is 0 Å². The number of aliphatic hydroxyl groups excluding tert-OH is 1. The molecule has 36 heavy (non-hydrogen) atoms. The van der Waals surface area contributed by atoms with E-state index < -0.39 is 26.3 Å². The van der Waals surface area contributed by atoms with Crippen LogP contribution < -0.4 is 0 Å². The molecule has 0 radical (unpaired) electrons. The minimum atomic E-state index is -4.53. The standard InChI is InChI=1S/C27H38F3IN2O2Si/c1-15(2)23-21(24(34)16-10-11-19(32-14-16)27(28,29)30)22(31)20-17(33-23)12-26(6,7)13-18(20)35-36(8,9)25(3,4)5/h10-11,14-15,18,24,34H,12-13H2,1-9H3/t18?,24-/m0/s1. The van der Waals surface area contributed by atoms with Gasteiger partial charge in [-0.1, -0.05) is 54.5 Å². The second kappa shape index (κ2) is 9.93. The molecule has 0 amide bonds. The summed E-state index contributed by atoms with van der Waals surface area (Å²) in [5.74, 6) is 0.0145. The van der Waals surface area contributed by atoms with E-state index in [1.807, 2.05) is 13.8 Å². The first-order valence-corrected chi connectivity index (χ1v) is 16.3. The lowest BCUT2D eigenvalue weighted by molar-refractivity contribution is -0.141. The summed E-state index contributed by atoms with van der Waals surface area (Å²) in [6.07, 6.45) is -3.10. The van der Waals surface area contributed by atoms with E-state index in [2.05, 4.69) is 75.3 Å². The fraction of sp³-hybridized carbons (Fsp3) is 0.630. The molecule has 0 bridgehead atoms. The van der Waals surface area contributed by atoms with Crippen LogP contribution in [0, 0.1) is 8.99 Å². The maximum absolute atomic E-state index is 13.0. The van der Waals surface area contributed by atoms with Crippen LogP contribution in [0.4, 0.5) is 13.2 Å². The Kier molecular flexibility index (Phi) is 8.14. The third-order valence-electron chi connectivity index (χ3n) is 7.48. The smallest absolute Gasteiger partial charge is 0.410 e. The summed E-state index contributed by atoms with van der Waals surface area (Å²) in [5.41, 5.74) is 2.72. The molecule has 1 aliphatic rings. The van der Waals surface area contributed by atoms with E-state index in [1.54, 1.807) is 0 Å². The molecule has 0 spiro atoms. The van der Waals surface area contributed by atoms with Crippen LogP contribution in [0.25, 0.3) is 0 Å². The van der Waals surface area contributed by atoms with Crippen LogP contribution in [0.1, 0.15) is 107 Å². The molecular formula is C27H38F3IN2O2Si. The quantitative estimate of drug-likeness (QED) is 0.266. The van der Waals surface area contributed by atoms with Gasteiger partial charge in [0.25, 0.3) is 0 Å². The predicted molar refractivity (Wildman–Crippen MR) is 147 cm³/mol. The lowest BCUT2D eigenvalue weighted by Gasteiger charge is -2.44. The molecule has 2 heterocycles. The van der Waals surface area contributed by atoms with Gasteiger partial charge in [-0.2, -0.15) is 13.2 Å². The summed E-state index contributed by atoms with van der Waals surface area (Å²) in [6, 6.07) is 2.21. The van der Waals surface area contributed by atoms with Crippen LogP contribution in [-0.2, 0) is 17.0 Å². The van der Waals surface area contributed by atoms with Gasteiger partial charge in [-0.15, -0.1) is 0 Å². The number of rotatable bonds is 5. The highest BCUT2D eigenvalue weighted by atomic mass is 127. The Balaban J connectivity index is 2.18. The zero-order chi connectivity index (χ0) is 27.4. The normalized spacial score (nSPS) is 19.4. The lowest BCUT2D eigenvalue weighted by atomic mass is 9.74. The molecule has 2 aromatic heterocycles. The number of nitrogens with zero attached hydrogens (tertiary/aromatic N) is 2. The summed E-state index contributed by atoms with van der Waals surface area (Å²) >= 11 is 2.28. The number of hydrogen-bond acceptors (Lipinski definition) is 4. The van der Waals surface area contributed by atoms with Crippen molar-refractivity contribution in [1.29, 1.82) is 0 Å². The third-order valence-corrected chi connectivity index (χ3v) is 13.1. The Hall–Kier alpha value is -1.04. The number of aromatic nitrogens is 2. The van der Waals surface area contributed by atoms with E-state index in [0.717, 1.165) is 45.6 Å². The molecule has 0 fully saturated rings. The Bertz CT molecular complexity index is 1110. The van der Waals surface area contributed by atoms with Crippen molar-refractivity contribution in [3.05, 3.63) is 55.7 Å². The van der Waals surface area contributed by atoms with Crippen molar-refractivity contribution >= 4 is 30.9 Å². The van der Waals surface area contributed by atoms with Gasteiger partial charge in [0.15, 0.2) is 8.32 Å². The number of alkyl halides is 3. The largest absolute Gasteiger partial charge is 0.433 e. The maximum Gasteiger partial charge on any atom is 0.433 e. The van der Waals surface area contributed by atoms with Crippen LogP contribution in [0.2, 0.25) is 18.1 Å². The third kappa shape index (κ3) is 5.99. The molecule has 1 aliphatic carbocycles. The van der Waals surface area contributed by atoms with Gasteiger partial charge in [0.05, 0.1) is 11.8 Å². The molecular weight excluding hydrogens is 596 g/mol. The number of fused-ring (bicyclic) bond motifs is 1. The number of hydrogen-bond donors (Lipinski definition) is 1. The summed E-state index contributed by atoms with van der Waals surface area (Å²) in [6.45, 7) is 19.6. The number of pyridine rings is 2. The van der Waals surface area contributed by atoms with E-state index in [1.165, 1.54) is 6.07 Å². The molecule has 4 nitrogen and oxygen atoms in total. The molecule has 0 aliphatic heterocycles. The van der Waals surface area contributed by atoms with Gasteiger partial charge in [0.2, 0.25) is 0 Å². The second-order valence-electron chi connectivity index (χ2n) is 12.5. The molecule has 200 valence electrons. The molecule has 1 N–H and O–H groups in total. The Morgan fingerprint density at radius 1 is 1.17 bits per heavy atom. The molecule has 0 saturated heterocycles. The average Bonchev–Trinajstić information content (AvgIpc) is 2.70. The van der Waals surface area contributed by atoms with Gasteiger partial charge >= 0.3 is 6.18 Å². The summed E-state index contributed by atoms with van der Waals surface area (Å²) in [7, 11) is -2.12. The zero-order valence-corrected chi connectivity index (χ0v) is 25.8. The molecule has 1 unspecified atom stereocenters. The molecule has 0 saturated carbocycles. The predicted octanol–water partition coefficient (Wildman–Crippen LogP) is 8.34. The minimum Gasteiger partial charge on any atom is -0.410 e. The first kappa shape index (κ1) is 29.5. The van der Waals surface area contributed by atoms with Crippen molar-refractivity contribution in [2.24, 2.45) is 5.41 Å². The number of aliphatic hydroxyl groups is 1. The van der Waals surface area contributed by atoms with Crippen molar-refractivity contribution in [1.82, 2.24) is 9.97 Å². The molecule has 2 atom stereocenters. The van der Waals surface area contributed by atoms with Crippen LogP contribution in [0.3, 0.4) is 0 Å². The van der Waals surface area contributed by atoms with Crippen molar-refractivity contribution < 1.29 is 22.7 Å². The Labute approximate surface area is 227 Å². The zero-order valence-electron chi connectivity index (χ0n) is 22.6. The van der Waals surface area contributed by atoms with Crippen LogP contribution >= 0.6 is 22.6 Å². The van der Waals surface area contributed by atoms with Crippen molar-refractivity contribution in [2.45, 2.75) is 104 Å². The average molecular weight is 635 g/mol. The first-order chi connectivity index (χ1) is 16.2. The van der Waals surface area contributed by atoms with Crippen molar-refractivity contribution in [3.63, 3.8) is 0 Å². The lowest BCUT2D eigenvalue weighted by Crippen LogP contribution is -2.44. The van der Waals surface area contributed by atoms with E-state index in [9.17, 15) is 18.3 Å². The monoisotopic (exact) mass is 634 g/mol. The van der Waals surface area contributed by atoms with Gasteiger partial charge in [-0.25, -0.2) is 0 Å². The highest BCUT2D eigenvalue weighted by molar-refractivity contribution is 14.1. The highest BCUT2D eigenvalue weighted by Crippen LogP contribution is 2.50. The minimum absolute atomic E-state index is 0.00182. The highest BCUT2D eigenvalue weighted by Gasteiger charge is 2.44. The van der Waals surface area contributed by atoms with Gasteiger partial charge in [0.1, 0.15) is 11.8 Å².